The first kappa shape index (κ1) is 11.3. The van der Waals surface area contributed by atoms with E-state index in [4.69, 9.17) is 0 Å². The minimum Gasteiger partial charge on any atom is -0.385 e. The van der Waals surface area contributed by atoms with Gasteiger partial charge in [0.05, 0.1) is 0 Å². The van der Waals surface area contributed by atoms with Gasteiger partial charge in [0.25, 0.3) is 0 Å². The molecular weight excluding hydrogens is 218 g/mol. The summed E-state index contributed by atoms with van der Waals surface area (Å²) in [5, 5.41) is 3.50. The topological polar surface area (TPSA) is 12.0 Å². The summed E-state index contributed by atoms with van der Waals surface area (Å²) in [5.41, 5.74) is 6.99. The Labute approximate surface area is 109 Å². The standard InChI is InChI=1S/C17H19N/c1-12-7-8-13(2)16(11-12)14-9-10-18-17-6-4-3-5-15(14)17/h3-8,11,14,18H,9-10H2,1-2H3. The highest BCUT2D eigenvalue weighted by Crippen LogP contribution is 2.37. The van der Waals surface area contributed by atoms with Crippen molar-refractivity contribution in [1.29, 1.82) is 0 Å². The minimum absolute atomic E-state index is 0.544. The Morgan fingerprint density at radius 3 is 2.72 bits per heavy atom. The lowest BCUT2D eigenvalue weighted by atomic mass is 9.82. The van der Waals surface area contributed by atoms with Crippen molar-refractivity contribution in [2.75, 3.05) is 11.9 Å². The normalized spacial score (nSPS) is 18.0. The van der Waals surface area contributed by atoms with Gasteiger partial charge in [-0.25, -0.2) is 0 Å². The molecule has 0 bridgehead atoms. The van der Waals surface area contributed by atoms with Crippen LogP contribution in [0.3, 0.4) is 0 Å². The third kappa shape index (κ3) is 1.90. The minimum atomic E-state index is 0.544. The van der Waals surface area contributed by atoms with Crippen LogP contribution < -0.4 is 5.32 Å². The van der Waals surface area contributed by atoms with Crippen LogP contribution in [0.5, 0.6) is 0 Å². The smallest absolute Gasteiger partial charge is 0.0379 e. The summed E-state index contributed by atoms with van der Waals surface area (Å²) >= 11 is 0. The van der Waals surface area contributed by atoms with Crippen LogP contribution in [0.1, 0.15) is 34.6 Å². The lowest BCUT2D eigenvalue weighted by Crippen LogP contribution is -2.18. The zero-order chi connectivity index (χ0) is 12.5. The maximum absolute atomic E-state index is 3.50. The number of benzene rings is 2. The Morgan fingerprint density at radius 1 is 1.00 bits per heavy atom. The molecule has 1 unspecified atom stereocenters. The van der Waals surface area contributed by atoms with Gasteiger partial charge >= 0.3 is 0 Å². The van der Waals surface area contributed by atoms with Crippen molar-refractivity contribution in [3.63, 3.8) is 0 Å². The second-order valence-corrected chi connectivity index (χ2v) is 5.22. The molecule has 0 aliphatic carbocycles. The Balaban J connectivity index is 2.11. The number of aryl methyl sites for hydroxylation is 2. The summed E-state index contributed by atoms with van der Waals surface area (Å²) in [4.78, 5) is 0. The highest BCUT2D eigenvalue weighted by atomic mass is 14.9. The highest BCUT2D eigenvalue weighted by molar-refractivity contribution is 5.58. The Morgan fingerprint density at radius 2 is 1.83 bits per heavy atom. The van der Waals surface area contributed by atoms with Crippen molar-refractivity contribution >= 4 is 5.69 Å². The summed E-state index contributed by atoms with van der Waals surface area (Å²) in [7, 11) is 0. The predicted molar refractivity (Wildman–Crippen MR) is 77.3 cm³/mol. The summed E-state index contributed by atoms with van der Waals surface area (Å²) in [6.07, 6.45) is 1.18. The average Bonchev–Trinajstić information content (AvgIpc) is 2.41. The fraction of sp³-hybridized carbons (Fsp3) is 0.294. The van der Waals surface area contributed by atoms with E-state index < -0.39 is 0 Å². The summed E-state index contributed by atoms with van der Waals surface area (Å²) in [6, 6.07) is 15.5. The molecule has 0 spiro atoms. The lowest BCUT2D eigenvalue weighted by molar-refractivity contribution is 0.715. The van der Waals surface area contributed by atoms with Gasteiger partial charge in [-0.15, -0.1) is 0 Å². The van der Waals surface area contributed by atoms with Crippen molar-refractivity contribution in [3.8, 4) is 0 Å². The van der Waals surface area contributed by atoms with Crippen LogP contribution in [0.25, 0.3) is 0 Å². The van der Waals surface area contributed by atoms with Gasteiger partial charge in [-0.1, -0.05) is 42.0 Å². The first-order valence-electron chi connectivity index (χ1n) is 6.65. The molecule has 1 heteroatoms. The molecule has 0 aromatic heterocycles. The lowest BCUT2D eigenvalue weighted by Gasteiger charge is -2.28. The summed E-state index contributed by atoms with van der Waals surface area (Å²) < 4.78 is 0. The van der Waals surface area contributed by atoms with E-state index in [1.807, 2.05) is 0 Å². The van der Waals surface area contributed by atoms with E-state index in [-0.39, 0.29) is 0 Å². The number of para-hydroxylation sites is 1. The van der Waals surface area contributed by atoms with Gasteiger partial charge < -0.3 is 5.32 Å². The second kappa shape index (κ2) is 4.49. The SMILES string of the molecule is Cc1ccc(C)c(C2CCNc3ccccc32)c1. The molecule has 0 saturated heterocycles. The molecular formula is C17H19N. The Hall–Kier alpha value is -1.76. The molecule has 1 atom stereocenters. The van der Waals surface area contributed by atoms with Crippen LogP contribution >= 0.6 is 0 Å². The van der Waals surface area contributed by atoms with Crippen LogP contribution in [-0.2, 0) is 0 Å². The molecule has 0 fully saturated rings. The number of hydrogen-bond donors (Lipinski definition) is 1. The van der Waals surface area contributed by atoms with E-state index in [2.05, 4.69) is 61.6 Å². The first-order chi connectivity index (χ1) is 8.75. The van der Waals surface area contributed by atoms with Gasteiger partial charge in [0.15, 0.2) is 0 Å². The van der Waals surface area contributed by atoms with Crippen LogP contribution in [0.15, 0.2) is 42.5 Å². The van der Waals surface area contributed by atoms with Crippen LogP contribution in [-0.4, -0.2) is 6.54 Å². The van der Waals surface area contributed by atoms with Crippen LogP contribution in [0.2, 0.25) is 0 Å². The van der Waals surface area contributed by atoms with E-state index in [0.717, 1.165) is 6.54 Å². The van der Waals surface area contributed by atoms with E-state index in [9.17, 15) is 0 Å². The first-order valence-corrected chi connectivity index (χ1v) is 6.65. The van der Waals surface area contributed by atoms with Crippen molar-refractivity contribution in [2.45, 2.75) is 26.2 Å². The zero-order valence-corrected chi connectivity index (χ0v) is 11.0. The molecule has 2 aromatic carbocycles. The number of rotatable bonds is 1. The van der Waals surface area contributed by atoms with Gasteiger partial charge in [0.1, 0.15) is 0 Å². The third-order valence-corrected chi connectivity index (χ3v) is 3.89. The predicted octanol–water partition coefficient (Wildman–Crippen LogP) is 4.25. The molecule has 0 saturated carbocycles. The van der Waals surface area contributed by atoms with Crippen molar-refractivity contribution in [3.05, 3.63) is 64.7 Å². The molecule has 0 amide bonds. The molecule has 1 N–H and O–H groups in total. The second-order valence-electron chi connectivity index (χ2n) is 5.22. The highest BCUT2D eigenvalue weighted by Gasteiger charge is 2.22. The van der Waals surface area contributed by atoms with Gasteiger partial charge in [-0.2, -0.15) is 0 Å². The van der Waals surface area contributed by atoms with E-state index in [1.165, 1.54) is 34.4 Å². The van der Waals surface area contributed by atoms with Crippen molar-refractivity contribution in [2.24, 2.45) is 0 Å². The maximum atomic E-state index is 3.50. The van der Waals surface area contributed by atoms with Gasteiger partial charge in [0, 0.05) is 18.2 Å². The van der Waals surface area contributed by atoms with E-state index in [0.29, 0.717) is 5.92 Å². The largest absolute Gasteiger partial charge is 0.385 e. The fourth-order valence-electron chi connectivity index (χ4n) is 2.93. The third-order valence-electron chi connectivity index (χ3n) is 3.89. The number of fused-ring (bicyclic) bond motifs is 1. The van der Waals surface area contributed by atoms with Gasteiger partial charge in [0.2, 0.25) is 0 Å². The molecule has 0 radical (unpaired) electrons. The van der Waals surface area contributed by atoms with Crippen LogP contribution in [0.4, 0.5) is 5.69 Å². The van der Waals surface area contributed by atoms with Crippen molar-refractivity contribution in [1.82, 2.24) is 0 Å². The maximum Gasteiger partial charge on any atom is 0.0379 e. The van der Waals surface area contributed by atoms with Crippen LogP contribution in [0, 0.1) is 13.8 Å². The number of anilines is 1. The molecule has 1 heterocycles. The molecule has 92 valence electrons. The fourth-order valence-corrected chi connectivity index (χ4v) is 2.93. The molecule has 1 aliphatic heterocycles. The molecule has 1 nitrogen and oxygen atoms in total. The summed E-state index contributed by atoms with van der Waals surface area (Å²) in [6.45, 7) is 5.46. The zero-order valence-electron chi connectivity index (χ0n) is 11.0. The van der Waals surface area contributed by atoms with E-state index >= 15 is 0 Å². The summed E-state index contributed by atoms with van der Waals surface area (Å²) in [5.74, 6) is 0.544. The van der Waals surface area contributed by atoms with Crippen molar-refractivity contribution < 1.29 is 0 Å². The molecule has 1 aliphatic rings. The Kier molecular flexibility index (Phi) is 2.83. The molecule has 3 rings (SSSR count). The number of nitrogens with one attached hydrogen (secondary N) is 1. The van der Waals surface area contributed by atoms with Gasteiger partial charge in [-0.3, -0.25) is 0 Å². The van der Waals surface area contributed by atoms with E-state index in [1.54, 1.807) is 0 Å². The molecule has 18 heavy (non-hydrogen) atoms. The monoisotopic (exact) mass is 237 g/mol. The van der Waals surface area contributed by atoms with Gasteiger partial charge in [-0.05, 0) is 43.0 Å². The number of hydrogen-bond acceptors (Lipinski definition) is 1. The molecule has 2 aromatic rings. The Bertz CT molecular complexity index is 572. The average molecular weight is 237 g/mol. The quantitative estimate of drug-likeness (QED) is 0.781.